The number of phenolic OH excluding ortho intramolecular Hbond substituents is 2. The number of fused-ring (bicyclic) bond motifs is 1. The molecular formula is C34H34N10O4. The molecule has 0 atom stereocenters. The van der Waals surface area contributed by atoms with Crippen molar-refractivity contribution in [1.82, 2.24) is 43.9 Å². The molecule has 4 aromatic heterocycles. The van der Waals surface area contributed by atoms with E-state index in [-0.39, 0.29) is 35.1 Å². The molecule has 14 heteroatoms. The van der Waals surface area contributed by atoms with Gasteiger partial charge in [0.2, 0.25) is 5.95 Å². The summed E-state index contributed by atoms with van der Waals surface area (Å²) < 4.78 is 3.20. The van der Waals surface area contributed by atoms with Crippen molar-refractivity contribution in [2.45, 2.75) is 26.3 Å². The van der Waals surface area contributed by atoms with Crippen LogP contribution in [0.5, 0.6) is 11.5 Å². The van der Waals surface area contributed by atoms with Crippen molar-refractivity contribution >= 4 is 17.5 Å². The number of pyridine rings is 1. The first-order valence-electron chi connectivity index (χ1n) is 15.6. The lowest BCUT2D eigenvalue weighted by Gasteiger charge is -2.34. The van der Waals surface area contributed by atoms with Gasteiger partial charge in [-0.3, -0.25) is 14.1 Å². The number of rotatable bonds is 7. The van der Waals surface area contributed by atoms with E-state index in [0.29, 0.717) is 60.9 Å². The van der Waals surface area contributed by atoms with Crippen LogP contribution in [0.1, 0.15) is 41.4 Å². The molecule has 6 aromatic rings. The predicted octanol–water partition coefficient (Wildman–Crippen LogP) is 3.41. The van der Waals surface area contributed by atoms with Crippen molar-refractivity contribution in [2.24, 2.45) is 0 Å². The van der Waals surface area contributed by atoms with E-state index in [2.05, 4.69) is 30.0 Å². The Kier molecular flexibility index (Phi) is 7.85. The Labute approximate surface area is 274 Å². The standard InChI is InChI=1S/C34H34N10O4/c1-20(2)25-13-26(29(46)14-28(25)45)31-39-40-34(48)44(31)24-6-3-21(4-7-24)18-41-9-11-42(12-10-41)32(47)27-17-36-30-8-5-22(19-43(27)30)23-15-37-33(35)38-16-23/h3-8,13-17,19-20,45-46H,9-12,18H2,1-2H3,(H,40,48)(H2,35,37,38). The Balaban J connectivity index is 1.02. The van der Waals surface area contributed by atoms with Gasteiger partial charge in [0.1, 0.15) is 22.8 Å². The Bertz CT molecular complexity index is 2180. The Morgan fingerprint density at radius 3 is 2.35 bits per heavy atom. The van der Waals surface area contributed by atoms with Crippen LogP contribution in [0.2, 0.25) is 0 Å². The number of amides is 1. The first kappa shape index (κ1) is 30.6. The maximum Gasteiger partial charge on any atom is 0.348 e. The molecule has 2 aromatic carbocycles. The van der Waals surface area contributed by atoms with Gasteiger partial charge in [0.05, 0.1) is 17.4 Å². The number of carbonyl (C=O) groups is 1. The van der Waals surface area contributed by atoms with Crippen molar-refractivity contribution in [1.29, 1.82) is 0 Å². The maximum absolute atomic E-state index is 13.6. The maximum atomic E-state index is 13.6. The zero-order valence-electron chi connectivity index (χ0n) is 26.4. The van der Waals surface area contributed by atoms with Crippen LogP contribution in [0.4, 0.5) is 5.95 Å². The summed E-state index contributed by atoms with van der Waals surface area (Å²) in [5.74, 6) is 0.168. The smallest absolute Gasteiger partial charge is 0.348 e. The number of imidazole rings is 1. The van der Waals surface area contributed by atoms with Gasteiger partial charge in [-0.15, -0.1) is 0 Å². The SMILES string of the molecule is CC(C)c1cc(-c2n[nH]c(=O)n2-c2ccc(CN3CCN(C(=O)c4cnc5ccc(-c6cnc(N)nc6)cn45)CC3)cc2)c(O)cc1O. The summed E-state index contributed by atoms with van der Waals surface area (Å²) in [5.41, 5.74) is 10.6. The molecule has 1 saturated heterocycles. The van der Waals surface area contributed by atoms with E-state index in [1.165, 1.54) is 10.6 Å². The second kappa shape index (κ2) is 12.3. The van der Waals surface area contributed by atoms with E-state index in [0.717, 1.165) is 16.7 Å². The number of benzene rings is 2. The topological polar surface area (TPSA) is 184 Å². The Morgan fingerprint density at radius 2 is 1.65 bits per heavy atom. The fourth-order valence-corrected chi connectivity index (χ4v) is 6.03. The van der Waals surface area contributed by atoms with Gasteiger partial charge in [-0.1, -0.05) is 26.0 Å². The van der Waals surface area contributed by atoms with Crippen LogP contribution >= 0.6 is 0 Å². The number of piperazine rings is 1. The summed E-state index contributed by atoms with van der Waals surface area (Å²) in [6, 6.07) is 14.3. The highest BCUT2D eigenvalue weighted by Crippen LogP contribution is 2.37. The molecule has 1 aliphatic heterocycles. The second-order valence-electron chi connectivity index (χ2n) is 12.1. The molecule has 5 heterocycles. The van der Waals surface area contributed by atoms with Crippen LogP contribution < -0.4 is 11.4 Å². The van der Waals surface area contributed by atoms with E-state index in [1.54, 1.807) is 29.1 Å². The number of hydrogen-bond acceptors (Lipinski definition) is 10. The van der Waals surface area contributed by atoms with E-state index >= 15 is 0 Å². The van der Waals surface area contributed by atoms with E-state index in [1.807, 2.05) is 61.3 Å². The first-order valence-corrected chi connectivity index (χ1v) is 15.6. The third kappa shape index (κ3) is 5.73. The number of aromatic nitrogens is 7. The summed E-state index contributed by atoms with van der Waals surface area (Å²) in [6.07, 6.45) is 6.77. The van der Waals surface area contributed by atoms with Crippen LogP contribution in [0.15, 0.2) is 78.1 Å². The highest BCUT2D eigenvalue weighted by atomic mass is 16.3. The van der Waals surface area contributed by atoms with Crippen LogP contribution in [0.3, 0.4) is 0 Å². The lowest BCUT2D eigenvalue weighted by Crippen LogP contribution is -2.48. The van der Waals surface area contributed by atoms with E-state index in [9.17, 15) is 19.8 Å². The molecule has 1 aliphatic rings. The average molecular weight is 647 g/mol. The number of nitrogens with one attached hydrogen (secondary N) is 1. The molecule has 48 heavy (non-hydrogen) atoms. The molecule has 0 bridgehead atoms. The van der Waals surface area contributed by atoms with Gasteiger partial charge in [0.25, 0.3) is 5.91 Å². The number of H-pyrrole nitrogens is 1. The number of phenols is 2. The quantitative estimate of drug-likeness (QED) is 0.200. The molecule has 0 aliphatic carbocycles. The molecule has 0 saturated carbocycles. The third-order valence-electron chi connectivity index (χ3n) is 8.67. The van der Waals surface area contributed by atoms with Crippen molar-refractivity contribution in [3.05, 3.63) is 101 Å². The number of nitrogen functional groups attached to an aromatic ring is 1. The number of nitrogens with two attached hydrogens (primary N) is 1. The molecule has 0 unspecified atom stereocenters. The molecule has 1 amide bonds. The number of carbonyl (C=O) groups excluding carboxylic acids is 1. The minimum Gasteiger partial charge on any atom is -0.508 e. The summed E-state index contributed by atoms with van der Waals surface area (Å²) >= 11 is 0. The highest BCUT2D eigenvalue weighted by Gasteiger charge is 2.25. The van der Waals surface area contributed by atoms with Gasteiger partial charge in [-0.2, -0.15) is 5.10 Å². The van der Waals surface area contributed by atoms with Crippen molar-refractivity contribution in [3.63, 3.8) is 0 Å². The normalized spacial score (nSPS) is 13.9. The molecule has 5 N–H and O–H groups in total. The first-order chi connectivity index (χ1) is 23.2. The molecular weight excluding hydrogens is 612 g/mol. The summed E-state index contributed by atoms with van der Waals surface area (Å²) in [4.78, 5) is 43.1. The van der Waals surface area contributed by atoms with Crippen LogP contribution in [0, 0.1) is 0 Å². The fourth-order valence-electron chi connectivity index (χ4n) is 6.03. The summed E-state index contributed by atoms with van der Waals surface area (Å²) in [5, 5.41) is 27.5. The average Bonchev–Trinajstić information content (AvgIpc) is 3.68. The van der Waals surface area contributed by atoms with Gasteiger partial charge in [0.15, 0.2) is 5.82 Å². The third-order valence-corrected chi connectivity index (χ3v) is 8.67. The van der Waals surface area contributed by atoms with Crippen LogP contribution in [-0.4, -0.2) is 86.2 Å². The monoisotopic (exact) mass is 646 g/mol. The predicted molar refractivity (Wildman–Crippen MR) is 179 cm³/mol. The van der Waals surface area contributed by atoms with Gasteiger partial charge in [0, 0.05) is 68.5 Å². The molecule has 244 valence electrons. The largest absolute Gasteiger partial charge is 0.508 e. The highest BCUT2D eigenvalue weighted by molar-refractivity contribution is 5.93. The van der Waals surface area contributed by atoms with Crippen LogP contribution in [0.25, 0.3) is 33.8 Å². The fraction of sp³-hybridized carbons (Fsp3) is 0.235. The lowest BCUT2D eigenvalue weighted by molar-refractivity contribution is 0.0621. The minimum absolute atomic E-state index is 0.00118. The van der Waals surface area contributed by atoms with E-state index < -0.39 is 5.69 Å². The minimum atomic E-state index is -0.446. The van der Waals surface area contributed by atoms with Gasteiger partial charge in [-0.25, -0.2) is 29.4 Å². The molecule has 14 nitrogen and oxygen atoms in total. The number of anilines is 1. The second-order valence-corrected chi connectivity index (χ2v) is 12.1. The number of nitrogens with zero attached hydrogens (tertiary/aromatic N) is 8. The van der Waals surface area contributed by atoms with E-state index in [4.69, 9.17) is 5.73 Å². The number of aromatic hydroxyl groups is 2. The van der Waals surface area contributed by atoms with Gasteiger partial charge >= 0.3 is 5.69 Å². The van der Waals surface area contributed by atoms with Crippen molar-refractivity contribution in [2.75, 3.05) is 31.9 Å². The molecule has 0 radical (unpaired) electrons. The zero-order chi connectivity index (χ0) is 33.5. The summed E-state index contributed by atoms with van der Waals surface area (Å²) in [6.45, 7) is 7.07. The van der Waals surface area contributed by atoms with Gasteiger partial charge < -0.3 is 20.8 Å². The van der Waals surface area contributed by atoms with Crippen molar-refractivity contribution < 1.29 is 15.0 Å². The number of aromatic amines is 1. The Morgan fingerprint density at radius 1 is 0.917 bits per heavy atom. The summed E-state index contributed by atoms with van der Waals surface area (Å²) in [7, 11) is 0. The van der Waals surface area contributed by atoms with Gasteiger partial charge in [-0.05, 0) is 47.4 Å². The molecule has 1 fully saturated rings. The number of hydrogen-bond donors (Lipinski definition) is 4. The van der Waals surface area contributed by atoms with Crippen LogP contribution in [-0.2, 0) is 6.54 Å². The lowest BCUT2D eigenvalue weighted by atomic mass is 9.98. The molecule has 7 rings (SSSR count). The zero-order valence-corrected chi connectivity index (χ0v) is 26.4. The molecule has 0 spiro atoms. The Hall–Kier alpha value is -6.02. The van der Waals surface area contributed by atoms with Crippen molar-refractivity contribution in [3.8, 4) is 39.7 Å².